The van der Waals surface area contributed by atoms with Gasteiger partial charge in [-0.3, -0.25) is 4.79 Å². The van der Waals surface area contributed by atoms with E-state index in [1.807, 2.05) is 0 Å². The van der Waals surface area contributed by atoms with E-state index >= 15 is 0 Å². The van der Waals surface area contributed by atoms with Crippen LogP contribution in [0.3, 0.4) is 0 Å². The van der Waals surface area contributed by atoms with Gasteiger partial charge in [0.1, 0.15) is 11.6 Å². The van der Waals surface area contributed by atoms with Gasteiger partial charge in [-0.15, -0.1) is 0 Å². The van der Waals surface area contributed by atoms with Crippen molar-refractivity contribution in [2.45, 2.75) is 11.4 Å². The molecule has 26 heavy (non-hydrogen) atoms. The number of benzene rings is 2. The number of rotatable bonds is 8. The summed E-state index contributed by atoms with van der Waals surface area (Å²) in [7, 11) is -2.18. The standard InChI is InChI=1S/C17H18F2N2O4S/c1-25-9-8-21-26(23,24)14-5-2-12(3-6-14)11-20-17(22)15-10-13(18)4-7-16(15)19/h2-7,10,21H,8-9,11H2,1H3,(H,20,22). The zero-order chi connectivity index (χ0) is 19.2. The van der Waals surface area contributed by atoms with E-state index in [9.17, 15) is 22.0 Å². The second-order valence-electron chi connectivity index (χ2n) is 5.34. The van der Waals surface area contributed by atoms with E-state index in [0.717, 1.165) is 18.2 Å². The molecular formula is C17H18F2N2O4S. The number of carbonyl (C=O) groups excluding carboxylic acids is 1. The number of sulfonamides is 1. The minimum absolute atomic E-state index is 0.0339. The van der Waals surface area contributed by atoms with Crippen LogP contribution in [0, 0.1) is 11.6 Å². The molecule has 0 aromatic heterocycles. The molecule has 0 saturated carbocycles. The van der Waals surface area contributed by atoms with Crippen LogP contribution < -0.4 is 10.0 Å². The number of hydrogen-bond donors (Lipinski definition) is 2. The monoisotopic (exact) mass is 384 g/mol. The van der Waals surface area contributed by atoms with Gasteiger partial charge in [-0.2, -0.15) is 0 Å². The lowest BCUT2D eigenvalue weighted by molar-refractivity contribution is 0.0946. The normalized spacial score (nSPS) is 11.3. The molecule has 140 valence electrons. The topological polar surface area (TPSA) is 84.5 Å². The number of carbonyl (C=O) groups is 1. The maximum Gasteiger partial charge on any atom is 0.254 e. The molecular weight excluding hydrogens is 366 g/mol. The molecule has 0 bridgehead atoms. The first-order valence-corrected chi connectivity index (χ1v) is 9.12. The van der Waals surface area contributed by atoms with E-state index in [2.05, 4.69) is 10.0 Å². The summed E-state index contributed by atoms with van der Waals surface area (Å²) in [6.45, 7) is 0.433. The first kappa shape index (κ1) is 20.0. The molecule has 0 aliphatic heterocycles. The summed E-state index contributed by atoms with van der Waals surface area (Å²) in [4.78, 5) is 12.0. The molecule has 2 rings (SSSR count). The summed E-state index contributed by atoms with van der Waals surface area (Å²) < 4.78 is 57.9. The van der Waals surface area contributed by atoms with Crippen molar-refractivity contribution < 1.29 is 26.7 Å². The third-order valence-electron chi connectivity index (χ3n) is 3.46. The zero-order valence-corrected chi connectivity index (χ0v) is 14.8. The fraction of sp³-hybridized carbons (Fsp3) is 0.235. The van der Waals surface area contributed by atoms with Crippen LogP contribution in [0.4, 0.5) is 8.78 Å². The highest BCUT2D eigenvalue weighted by Crippen LogP contribution is 2.12. The molecule has 2 N–H and O–H groups in total. The number of halogens is 2. The molecule has 0 saturated heterocycles. The summed E-state index contributed by atoms with van der Waals surface area (Å²) in [5.74, 6) is -2.31. The summed E-state index contributed by atoms with van der Waals surface area (Å²) >= 11 is 0. The van der Waals surface area contributed by atoms with Crippen molar-refractivity contribution in [3.63, 3.8) is 0 Å². The largest absolute Gasteiger partial charge is 0.383 e. The minimum atomic E-state index is -3.64. The Morgan fingerprint density at radius 2 is 1.81 bits per heavy atom. The molecule has 0 spiro atoms. The number of hydrogen-bond acceptors (Lipinski definition) is 4. The van der Waals surface area contributed by atoms with Crippen molar-refractivity contribution in [3.8, 4) is 0 Å². The van der Waals surface area contributed by atoms with Crippen LogP contribution in [0.1, 0.15) is 15.9 Å². The van der Waals surface area contributed by atoms with Crippen molar-refractivity contribution in [3.05, 3.63) is 65.2 Å². The first-order chi connectivity index (χ1) is 12.3. The van der Waals surface area contributed by atoms with Gasteiger partial charge in [0.15, 0.2) is 0 Å². The summed E-state index contributed by atoms with van der Waals surface area (Å²) in [5.41, 5.74) is 0.206. The van der Waals surface area contributed by atoms with Crippen LogP contribution in [0.25, 0.3) is 0 Å². The van der Waals surface area contributed by atoms with Gasteiger partial charge in [0, 0.05) is 20.2 Å². The Bertz CT molecular complexity index is 871. The Hall–Kier alpha value is -2.36. The van der Waals surface area contributed by atoms with E-state index in [4.69, 9.17) is 4.74 Å². The molecule has 0 atom stereocenters. The van der Waals surface area contributed by atoms with E-state index in [1.165, 1.54) is 31.4 Å². The highest BCUT2D eigenvalue weighted by atomic mass is 32.2. The minimum Gasteiger partial charge on any atom is -0.383 e. The molecule has 0 unspecified atom stereocenters. The second-order valence-corrected chi connectivity index (χ2v) is 7.11. The van der Waals surface area contributed by atoms with Crippen molar-refractivity contribution in [1.29, 1.82) is 0 Å². The van der Waals surface area contributed by atoms with E-state index in [-0.39, 0.29) is 24.6 Å². The molecule has 2 aromatic rings. The van der Waals surface area contributed by atoms with Gasteiger partial charge in [0.05, 0.1) is 17.1 Å². The average molecular weight is 384 g/mol. The Kier molecular flexibility index (Phi) is 6.78. The number of ether oxygens (including phenoxy) is 1. The molecule has 1 amide bonds. The quantitative estimate of drug-likeness (QED) is 0.680. The van der Waals surface area contributed by atoms with Gasteiger partial charge in [-0.25, -0.2) is 21.9 Å². The third-order valence-corrected chi connectivity index (χ3v) is 4.93. The highest BCUT2D eigenvalue weighted by molar-refractivity contribution is 7.89. The van der Waals surface area contributed by atoms with Crippen molar-refractivity contribution in [2.75, 3.05) is 20.3 Å². The van der Waals surface area contributed by atoms with Gasteiger partial charge < -0.3 is 10.1 Å². The second kappa shape index (κ2) is 8.84. The van der Waals surface area contributed by atoms with Gasteiger partial charge in [0.2, 0.25) is 10.0 Å². The maximum atomic E-state index is 13.5. The average Bonchev–Trinajstić information content (AvgIpc) is 2.62. The Morgan fingerprint density at radius 1 is 1.12 bits per heavy atom. The van der Waals surface area contributed by atoms with Gasteiger partial charge in [0.25, 0.3) is 5.91 Å². The molecule has 6 nitrogen and oxygen atoms in total. The van der Waals surface area contributed by atoms with Crippen molar-refractivity contribution in [1.82, 2.24) is 10.0 Å². The fourth-order valence-corrected chi connectivity index (χ4v) is 3.11. The lowest BCUT2D eigenvalue weighted by Gasteiger charge is -2.09. The highest BCUT2D eigenvalue weighted by Gasteiger charge is 2.14. The first-order valence-electron chi connectivity index (χ1n) is 7.64. The molecule has 0 aliphatic rings. The molecule has 0 radical (unpaired) electrons. The smallest absolute Gasteiger partial charge is 0.254 e. The van der Waals surface area contributed by atoms with Crippen LogP contribution >= 0.6 is 0 Å². The maximum absolute atomic E-state index is 13.5. The van der Waals surface area contributed by atoms with Crippen LogP contribution in [-0.4, -0.2) is 34.6 Å². The molecule has 2 aromatic carbocycles. The Labute approximate surface area is 150 Å². The SMILES string of the molecule is COCCNS(=O)(=O)c1ccc(CNC(=O)c2cc(F)ccc2F)cc1. The van der Waals surface area contributed by atoms with Gasteiger partial charge in [-0.1, -0.05) is 12.1 Å². The molecule has 0 aliphatic carbocycles. The lowest BCUT2D eigenvalue weighted by Crippen LogP contribution is -2.27. The zero-order valence-electron chi connectivity index (χ0n) is 14.0. The van der Waals surface area contributed by atoms with E-state index in [1.54, 1.807) is 0 Å². The van der Waals surface area contributed by atoms with Crippen LogP contribution in [0.5, 0.6) is 0 Å². The molecule has 0 heterocycles. The van der Waals surface area contributed by atoms with E-state index in [0.29, 0.717) is 5.56 Å². The molecule has 9 heteroatoms. The number of amides is 1. The Balaban J connectivity index is 1.99. The van der Waals surface area contributed by atoms with Crippen LogP contribution in [0.2, 0.25) is 0 Å². The lowest BCUT2D eigenvalue weighted by atomic mass is 10.1. The third kappa shape index (κ3) is 5.32. The Morgan fingerprint density at radius 3 is 2.46 bits per heavy atom. The van der Waals surface area contributed by atoms with E-state index < -0.39 is 33.1 Å². The number of methoxy groups -OCH3 is 1. The summed E-state index contributed by atoms with van der Waals surface area (Å²) in [5, 5.41) is 2.46. The number of nitrogens with one attached hydrogen (secondary N) is 2. The predicted octanol–water partition coefficient (Wildman–Crippen LogP) is 1.82. The van der Waals surface area contributed by atoms with Crippen molar-refractivity contribution >= 4 is 15.9 Å². The van der Waals surface area contributed by atoms with Gasteiger partial charge in [-0.05, 0) is 35.9 Å². The summed E-state index contributed by atoms with van der Waals surface area (Å²) in [6, 6.07) is 8.43. The predicted molar refractivity (Wildman–Crippen MR) is 91.0 cm³/mol. The van der Waals surface area contributed by atoms with Crippen molar-refractivity contribution in [2.24, 2.45) is 0 Å². The van der Waals surface area contributed by atoms with Gasteiger partial charge >= 0.3 is 0 Å². The molecule has 0 fully saturated rings. The van der Waals surface area contributed by atoms with Crippen LogP contribution in [-0.2, 0) is 21.3 Å². The fourth-order valence-electron chi connectivity index (χ4n) is 2.10. The summed E-state index contributed by atoms with van der Waals surface area (Å²) in [6.07, 6.45) is 0. The van der Waals surface area contributed by atoms with Crippen LogP contribution in [0.15, 0.2) is 47.4 Å².